The van der Waals surface area contributed by atoms with E-state index in [1.807, 2.05) is 12.1 Å². The van der Waals surface area contributed by atoms with E-state index in [4.69, 9.17) is 0 Å². The summed E-state index contributed by atoms with van der Waals surface area (Å²) in [5.74, 6) is 1.11. The Bertz CT molecular complexity index is 1380. The van der Waals surface area contributed by atoms with Crippen LogP contribution in [0.3, 0.4) is 0 Å². The Morgan fingerprint density at radius 1 is 0.900 bits per heavy atom. The molecule has 2 aromatic carbocycles. The molecule has 10 heteroatoms. The lowest BCUT2D eigenvalue weighted by atomic mass is 10.1. The van der Waals surface area contributed by atoms with Crippen molar-refractivity contribution in [3.8, 4) is 0 Å². The van der Waals surface area contributed by atoms with Crippen LogP contribution < -0.4 is 10.6 Å². The van der Waals surface area contributed by atoms with Crippen molar-refractivity contribution >= 4 is 33.2 Å². The van der Waals surface area contributed by atoms with Crippen LogP contribution in [-0.2, 0) is 10.0 Å². The van der Waals surface area contributed by atoms with Gasteiger partial charge in [0.1, 0.15) is 5.82 Å². The maximum Gasteiger partial charge on any atom is 0.243 e. The summed E-state index contributed by atoms with van der Waals surface area (Å²) in [5, 5.41) is 6.53. The quantitative estimate of drug-likeness (QED) is 0.365. The van der Waals surface area contributed by atoms with Crippen LogP contribution in [0.5, 0.6) is 0 Å². The highest BCUT2D eigenvalue weighted by molar-refractivity contribution is 7.89. The zero-order valence-electron chi connectivity index (χ0n) is 23.8. The molecule has 2 aliphatic heterocycles. The fraction of sp³-hybridized carbons (Fsp3) is 0.467. The van der Waals surface area contributed by atoms with Gasteiger partial charge in [-0.1, -0.05) is 6.07 Å². The first-order chi connectivity index (χ1) is 19.3. The van der Waals surface area contributed by atoms with Gasteiger partial charge in [0.25, 0.3) is 0 Å². The van der Waals surface area contributed by atoms with Gasteiger partial charge < -0.3 is 20.4 Å². The first kappa shape index (κ1) is 28.5. The van der Waals surface area contributed by atoms with Gasteiger partial charge in [-0.15, -0.1) is 0 Å². The lowest BCUT2D eigenvalue weighted by Gasteiger charge is -2.37. The number of nitrogens with one attached hydrogen (secondary N) is 2. The maximum absolute atomic E-state index is 13.9. The van der Waals surface area contributed by atoms with Crippen molar-refractivity contribution in [2.45, 2.75) is 50.5 Å². The lowest BCUT2D eigenvalue weighted by Crippen LogP contribution is -2.48. The molecule has 40 heavy (non-hydrogen) atoms. The van der Waals surface area contributed by atoms with Crippen molar-refractivity contribution in [3.05, 3.63) is 65.9 Å². The highest BCUT2D eigenvalue weighted by Crippen LogP contribution is 2.26. The minimum atomic E-state index is -3.63. The van der Waals surface area contributed by atoms with Gasteiger partial charge in [0.2, 0.25) is 16.0 Å². The van der Waals surface area contributed by atoms with Gasteiger partial charge in [0.15, 0.2) is 0 Å². The van der Waals surface area contributed by atoms with Crippen LogP contribution in [-0.4, -0.2) is 84.8 Å². The summed E-state index contributed by atoms with van der Waals surface area (Å²) in [7, 11) is -1.53. The number of benzene rings is 2. The highest BCUT2D eigenvalue weighted by atomic mass is 32.2. The number of hydrogen-bond donors (Lipinski definition) is 2. The number of sulfonamides is 1. The molecule has 0 bridgehead atoms. The molecule has 214 valence electrons. The van der Waals surface area contributed by atoms with Crippen LogP contribution >= 0.6 is 0 Å². The van der Waals surface area contributed by atoms with E-state index in [2.05, 4.69) is 63.4 Å². The molecule has 0 atom stereocenters. The molecular weight excluding hydrogens is 522 g/mol. The number of aryl methyl sites for hydroxylation is 2. The zero-order chi connectivity index (χ0) is 28.1. The summed E-state index contributed by atoms with van der Waals surface area (Å²) < 4.78 is 29.6. The Hall–Kier alpha value is -3.05. The second-order valence-electron chi connectivity index (χ2n) is 11.0. The van der Waals surface area contributed by atoms with Gasteiger partial charge in [-0.2, -0.15) is 9.29 Å². The van der Waals surface area contributed by atoms with Crippen LogP contribution in [0.2, 0.25) is 0 Å². The Morgan fingerprint density at radius 3 is 2.30 bits per heavy atom. The van der Waals surface area contributed by atoms with E-state index in [1.54, 1.807) is 34.8 Å². The fourth-order valence-electron chi connectivity index (χ4n) is 5.46. The smallest absolute Gasteiger partial charge is 0.243 e. The molecule has 2 saturated heterocycles. The largest absolute Gasteiger partial charge is 0.340 e. The first-order valence-corrected chi connectivity index (χ1v) is 15.7. The average Bonchev–Trinajstić information content (AvgIpc) is 3.46. The van der Waals surface area contributed by atoms with Gasteiger partial charge >= 0.3 is 0 Å². The number of nitrogens with zero attached hydrogens (tertiary/aromatic N) is 5. The van der Waals surface area contributed by atoms with Crippen molar-refractivity contribution in [2.24, 2.45) is 0 Å². The summed E-state index contributed by atoms with van der Waals surface area (Å²) in [4.78, 5) is 13.9. The standard InChI is InChI=1S/C30H41N7O2S/c1-23-6-7-26(22-24(23)2)32-29-12-15-31-30(34-29)33-25-8-10-28(11-9-25)40(38,39)37(21-20-36-16-4-5-17-36)27-13-18-35(3)19-14-27/h6-12,15,22,27H,4-5,13-14,16-21H2,1-3H3,(H2,31,32,33,34). The zero-order valence-corrected chi connectivity index (χ0v) is 24.6. The summed E-state index contributed by atoms with van der Waals surface area (Å²) in [6, 6.07) is 15.0. The Labute approximate surface area is 238 Å². The molecule has 3 heterocycles. The monoisotopic (exact) mass is 563 g/mol. The molecule has 2 aliphatic rings. The third-order valence-electron chi connectivity index (χ3n) is 8.08. The van der Waals surface area contributed by atoms with E-state index in [-0.39, 0.29) is 6.04 Å². The van der Waals surface area contributed by atoms with Crippen molar-refractivity contribution in [3.63, 3.8) is 0 Å². The molecule has 0 saturated carbocycles. The van der Waals surface area contributed by atoms with Crippen molar-refractivity contribution < 1.29 is 8.42 Å². The third-order valence-corrected chi connectivity index (χ3v) is 10.0. The molecule has 0 unspecified atom stereocenters. The second kappa shape index (κ2) is 12.6. The molecule has 5 rings (SSSR count). The Kier molecular flexibility index (Phi) is 9.00. The Morgan fingerprint density at radius 2 is 1.60 bits per heavy atom. The first-order valence-electron chi connectivity index (χ1n) is 14.2. The van der Waals surface area contributed by atoms with Crippen LogP contribution in [0.25, 0.3) is 0 Å². The number of rotatable bonds is 10. The number of hydrogen-bond acceptors (Lipinski definition) is 8. The average molecular weight is 564 g/mol. The SMILES string of the molecule is Cc1ccc(Nc2ccnc(Nc3ccc(S(=O)(=O)N(CCN4CCCC4)C4CCN(C)CC4)cc3)n2)cc1C. The molecule has 1 aromatic heterocycles. The molecule has 0 radical (unpaired) electrons. The highest BCUT2D eigenvalue weighted by Gasteiger charge is 2.33. The van der Waals surface area contributed by atoms with Crippen LogP contribution in [0.4, 0.5) is 23.1 Å². The van der Waals surface area contributed by atoms with E-state index < -0.39 is 10.0 Å². The lowest BCUT2D eigenvalue weighted by molar-refractivity contribution is 0.172. The van der Waals surface area contributed by atoms with E-state index in [1.165, 1.54) is 24.0 Å². The second-order valence-corrected chi connectivity index (χ2v) is 12.9. The number of anilines is 4. The molecular formula is C30H41N7O2S. The number of piperidine rings is 1. The molecule has 3 aromatic rings. The van der Waals surface area contributed by atoms with Gasteiger partial charge in [-0.05, 0) is 126 Å². The normalized spacial score (nSPS) is 17.4. The molecule has 0 spiro atoms. The maximum atomic E-state index is 13.9. The van der Waals surface area contributed by atoms with Crippen LogP contribution in [0, 0.1) is 13.8 Å². The molecule has 2 fully saturated rings. The van der Waals surface area contributed by atoms with Crippen molar-refractivity contribution in [1.29, 1.82) is 0 Å². The fourth-order valence-corrected chi connectivity index (χ4v) is 7.13. The topological polar surface area (TPSA) is 93.7 Å². The third kappa shape index (κ3) is 6.98. The van der Waals surface area contributed by atoms with E-state index >= 15 is 0 Å². The van der Waals surface area contributed by atoms with E-state index in [9.17, 15) is 8.42 Å². The van der Waals surface area contributed by atoms with Gasteiger partial charge in [-0.3, -0.25) is 0 Å². The number of likely N-dealkylation sites (tertiary alicyclic amines) is 2. The molecule has 2 N–H and O–H groups in total. The molecule has 9 nitrogen and oxygen atoms in total. The summed E-state index contributed by atoms with van der Waals surface area (Å²) in [5.41, 5.74) is 4.13. The molecule has 0 amide bonds. The summed E-state index contributed by atoms with van der Waals surface area (Å²) in [6.45, 7) is 9.44. The van der Waals surface area contributed by atoms with Crippen molar-refractivity contribution in [1.82, 2.24) is 24.1 Å². The minimum Gasteiger partial charge on any atom is -0.340 e. The van der Waals surface area contributed by atoms with E-state index in [0.717, 1.165) is 56.9 Å². The van der Waals surface area contributed by atoms with Crippen LogP contribution in [0.15, 0.2) is 59.6 Å². The van der Waals surface area contributed by atoms with Gasteiger partial charge in [0.05, 0.1) is 4.90 Å². The summed E-state index contributed by atoms with van der Waals surface area (Å²) in [6.07, 6.45) is 5.81. The van der Waals surface area contributed by atoms with Gasteiger partial charge in [0, 0.05) is 36.7 Å². The predicted octanol–water partition coefficient (Wildman–Crippen LogP) is 4.76. The molecule has 0 aliphatic carbocycles. The van der Waals surface area contributed by atoms with Crippen LogP contribution in [0.1, 0.15) is 36.8 Å². The Balaban J connectivity index is 1.28. The van der Waals surface area contributed by atoms with E-state index in [0.29, 0.717) is 23.2 Å². The number of aromatic nitrogens is 2. The summed E-state index contributed by atoms with van der Waals surface area (Å²) >= 11 is 0. The predicted molar refractivity (Wildman–Crippen MR) is 161 cm³/mol. The van der Waals surface area contributed by atoms with Crippen molar-refractivity contribution in [2.75, 3.05) is 56.9 Å². The minimum absolute atomic E-state index is 0.0301. The van der Waals surface area contributed by atoms with Gasteiger partial charge in [-0.25, -0.2) is 13.4 Å².